The molecule has 31 heavy (non-hydrogen) atoms. The third-order valence-electron chi connectivity index (χ3n) is 4.79. The van der Waals surface area contributed by atoms with Crippen molar-refractivity contribution < 1.29 is 4.79 Å². The van der Waals surface area contributed by atoms with E-state index in [0.29, 0.717) is 22.6 Å². The van der Waals surface area contributed by atoms with Gasteiger partial charge in [0.1, 0.15) is 0 Å². The van der Waals surface area contributed by atoms with E-state index in [2.05, 4.69) is 21.0 Å². The van der Waals surface area contributed by atoms with Crippen LogP contribution in [0.25, 0.3) is 33.4 Å². The maximum Gasteiger partial charge on any atom is 0.165 e. The zero-order chi connectivity index (χ0) is 22.0. The number of nitrogens with zero attached hydrogens (tertiary/aromatic N) is 5. The number of ketones is 1. The van der Waals surface area contributed by atoms with Gasteiger partial charge in [0.25, 0.3) is 0 Å². The summed E-state index contributed by atoms with van der Waals surface area (Å²) in [4.78, 5) is 30.8. The highest BCUT2D eigenvalue weighted by Gasteiger charge is 2.18. The number of aliphatic imine (C=N–C) groups is 1. The highest BCUT2D eigenvalue weighted by atomic mass is 16.1. The molecule has 4 aromatic rings. The van der Waals surface area contributed by atoms with E-state index in [4.69, 9.17) is 4.98 Å². The monoisotopic (exact) mass is 408 g/mol. The topological polar surface area (TPSA) is 98.0 Å². The normalized spacial score (nSPS) is 11.0. The van der Waals surface area contributed by atoms with Crippen molar-refractivity contribution in [2.75, 3.05) is 14.1 Å². The molecular formula is C24H20N6O. The zero-order valence-electron chi connectivity index (χ0n) is 17.4. The molecule has 0 bridgehead atoms. The Labute approximate surface area is 179 Å². The minimum Gasteiger partial charge on any atom is -0.369 e. The summed E-state index contributed by atoms with van der Waals surface area (Å²) in [5.41, 5.74) is 5.77. The summed E-state index contributed by atoms with van der Waals surface area (Å²) < 4.78 is 0. The Kier molecular flexibility index (Phi) is 5.29. The Bertz CT molecular complexity index is 1360. The van der Waals surface area contributed by atoms with Gasteiger partial charge in [0, 0.05) is 25.2 Å². The maximum atomic E-state index is 12.4. The third-order valence-corrected chi connectivity index (χ3v) is 4.79. The highest BCUT2D eigenvalue weighted by Crippen LogP contribution is 2.36. The Hall–Kier alpha value is -4.31. The highest BCUT2D eigenvalue weighted by molar-refractivity contribution is 6.01. The van der Waals surface area contributed by atoms with Gasteiger partial charge in [0.05, 0.1) is 46.6 Å². The van der Waals surface area contributed by atoms with Crippen LogP contribution in [-0.4, -0.2) is 46.1 Å². The number of imidazole rings is 1. The standard InChI is InChI=1S/C24H20N6O/c1-15(31)19-11-20(17-7-8-21-22(10-17)27-13-26-21)23(29-24(19)28-14-30(2)3)18-6-4-5-16(9-18)12-25/h4-11,13-14H,1-3H3,(H,26,27). The quantitative estimate of drug-likeness (QED) is 0.296. The van der Waals surface area contributed by atoms with Gasteiger partial charge in [-0.15, -0.1) is 0 Å². The third kappa shape index (κ3) is 4.05. The Balaban J connectivity index is 2.01. The fourth-order valence-electron chi connectivity index (χ4n) is 3.31. The number of carbonyl (C=O) groups is 1. The Morgan fingerprint density at radius 3 is 2.74 bits per heavy atom. The summed E-state index contributed by atoms with van der Waals surface area (Å²) in [5.74, 6) is 0.213. The molecule has 0 aliphatic rings. The molecule has 0 amide bonds. The number of hydrogen-bond acceptors (Lipinski definition) is 5. The van der Waals surface area contributed by atoms with Crippen molar-refractivity contribution in [2.45, 2.75) is 6.92 Å². The average molecular weight is 408 g/mol. The molecule has 0 saturated heterocycles. The number of aromatic amines is 1. The van der Waals surface area contributed by atoms with Crippen LogP contribution in [0.5, 0.6) is 0 Å². The second-order valence-corrected chi connectivity index (χ2v) is 7.35. The van der Waals surface area contributed by atoms with Crippen molar-refractivity contribution in [1.29, 1.82) is 5.26 Å². The van der Waals surface area contributed by atoms with Crippen LogP contribution >= 0.6 is 0 Å². The first-order valence-electron chi connectivity index (χ1n) is 9.67. The molecule has 0 spiro atoms. The molecule has 152 valence electrons. The summed E-state index contributed by atoms with van der Waals surface area (Å²) in [6, 6.07) is 17.1. The van der Waals surface area contributed by atoms with Gasteiger partial charge in [-0.1, -0.05) is 18.2 Å². The van der Waals surface area contributed by atoms with E-state index in [9.17, 15) is 10.1 Å². The number of carbonyl (C=O) groups excluding carboxylic acids is 1. The van der Waals surface area contributed by atoms with E-state index in [1.54, 1.807) is 29.7 Å². The number of H-pyrrole nitrogens is 1. The van der Waals surface area contributed by atoms with E-state index in [0.717, 1.165) is 27.7 Å². The van der Waals surface area contributed by atoms with E-state index in [1.165, 1.54) is 6.92 Å². The van der Waals surface area contributed by atoms with Crippen LogP contribution in [0.15, 0.2) is 59.9 Å². The lowest BCUT2D eigenvalue weighted by molar-refractivity contribution is 0.101. The first-order chi connectivity index (χ1) is 15.0. The maximum absolute atomic E-state index is 12.4. The molecule has 0 unspecified atom stereocenters. The molecule has 0 aliphatic heterocycles. The van der Waals surface area contributed by atoms with Crippen LogP contribution in [0, 0.1) is 11.3 Å². The summed E-state index contributed by atoms with van der Waals surface area (Å²) in [7, 11) is 3.70. The van der Waals surface area contributed by atoms with Crippen LogP contribution in [0.3, 0.4) is 0 Å². The second kappa shape index (κ2) is 8.20. The number of nitrogens with one attached hydrogen (secondary N) is 1. The summed E-state index contributed by atoms with van der Waals surface area (Å²) >= 11 is 0. The zero-order valence-corrected chi connectivity index (χ0v) is 17.4. The number of benzene rings is 2. The van der Waals surface area contributed by atoms with E-state index in [1.807, 2.05) is 50.5 Å². The number of aromatic nitrogens is 3. The predicted molar refractivity (Wildman–Crippen MR) is 121 cm³/mol. The van der Waals surface area contributed by atoms with Crippen LogP contribution in [0.4, 0.5) is 5.82 Å². The number of fused-ring (bicyclic) bond motifs is 1. The van der Waals surface area contributed by atoms with Crippen molar-refractivity contribution in [3.63, 3.8) is 0 Å². The lowest BCUT2D eigenvalue weighted by atomic mass is 9.95. The van der Waals surface area contributed by atoms with Crippen LogP contribution in [0.2, 0.25) is 0 Å². The van der Waals surface area contributed by atoms with Gasteiger partial charge in [-0.25, -0.2) is 15.0 Å². The lowest BCUT2D eigenvalue weighted by Crippen LogP contribution is -2.08. The molecule has 2 aromatic heterocycles. The SMILES string of the molecule is CC(=O)c1cc(-c2ccc3nc[nH]c3c2)c(-c2cccc(C#N)c2)nc1N=CN(C)C. The van der Waals surface area contributed by atoms with Crippen molar-refractivity contribution in [3.05, 3.63) is 66.0 Å². The molecule has 2 aromatic carbocycles. The van der Waals surface area contributed by atoms with E-state index >= 15 is 0 Å². The summed E-state index contributed by atoms with van der Waals surface area (Å²) in [6.45, 7) is 1.50. The largest absolute Gasteiger partial charge is 0.369 e. The van der Waals surface area contributed by atoms with Gasteiger partial charge in [-0.2, -0.15) is 5.26 Å². The Morgan fingerprint density at radius 2 is 2.00 bits per heavy atom. The number of hydrogen-bond donors (Lipinski definition) is 1. The minimum absolute atomic E-state index is 0.125. The van der Waals surface area contributed by atoms with Crippen molar-refractivity contribution in [3.8, 4) is 28.5 Å². The molecule has 0 radical (unpaired) electrons. The summed E-state index contributed by atoms with van der Waals surface area (Å²) in [5, 5.41) is 9.35. The molecule has 1 N–H and O–H groups in total. The molecule has 0 aliphatic carbocycles. The second-order valence-electron chi connectivity index (χ2n) is 7.35. The van der Waals surface area contributed by atoms with Crippen LogP contribution in [-0.2, 0) is 0 Å². The molecule has 7 nitrogen and oxygen atoms in total. The van der Waals surface area contributed by atoms with E-state index < -0.39 is 0 Å². The number of rotatable bonds is 5. The van der Waals surface area contributed by atoms with Gasteiger partial charge >= 0.3 is 0 Å². The smallest absolute Gasteiger partial charge is 0.165 e. The predicted octanol–water partition coefficient (Wildman–Crippen LogP) is 4.59. The first-order valence-corrected chi connectivity index (χ1v) is 9.67. The fraction of sp³-hybridized carbons (Fsp3) is 0.125. The van der Waals surface area contributed by atoms with E-state index in [-0.39, 0.29) is 5.78 Å². The molecule has 7 heteroatoms. The van der Waals surface area contributed by atoms with Crippen molar-refractivity contribution in [1.82, 2.24) is 19.9 Å². The average Bonchev–Trinajstić information content (AvgIpc) is 3.25. The number of Topliss-reactive ketones (excluding diaryl/α,β-unsaturated/α-hetero) is 1. The fourth-order valence-corrected chi connectivity index (χ4v) is 3.31. The van der Waals surface area contributed by atoms with Gasteiger partial charge in [-0.3, -0.25) is 4.79 Å². The minimum atomic E-state index is -0.125. The molecule has 4 rings (SSSR count). The molecular weight excluding hydrogens is 388 g/mol. The number of nitriles is 1. The molecule has 0 fully saturated rings. The Morgan fingerprint density at radius 1 is 1.16 bits per heavy atom. The first kappa shape index (κ1) is 20.0. The number of pyridine rings is 1. The van der Waals surface area contributed by atoms with Crippen LogP contribution < -0.4 is 0 Å². The van der Waals surface area contributed by atoms with Gasteiger partial charge in [0.15, 0.2) is 11.6 Å². The van der Waals surface area contributed by atoms with Gasteiger partial charge < -0.3 is 9.88 Å². The molecule has 2 heterocycles. The van der Waals surface area contributed by atoms with Crippen LogP contribution in [0.1, 0.15) is 22.8 Å². The summed E-state index contributed by atoms with van der Waals surface area (Å²) in [6.07, 6.45) is 3.25. The van der Waals surface area contributed by atoms with Crippen molar-refractivity contribution >= 4 is 29.0 Å². The van der Waals surface area contributed by atoms with Gasteiger partial charge in [-0.05, 0) is 42.8 Å². The molecule has 0 saturated carbocycles. The van der Waals surface area contributed by atoms with Crippen molar-refractivity contribution in [2.24, 2.45) is 4.99 Å². The lowest BCUT2D eigenvalue weighted by Gasteiger charge is -2.14. The van der Waals surface area contributed by atoms with Gasteiger partial charge in [0.2, 0.25) is 0 Å². The molecule has 0 atom stereocenters.